The standard InChI is InChI=1S/C10H8FNO3/c11-7-3-1-2-6-8(4-5-9(13)14)15-12-10(6)7/h1-3H,4-5H2,(H,13,14). The van der Waals surface area contributed by atoms with Crippen LogP contribution >= 0.6 is 0 Å². The Labute approximate surface area is 84.3 Å². The van der Waals surface area contributed by atoms with E-state index < -0.39 is 11.8 Å². The minimum absolute atomic E-state index is 0.0548. The van der Waals surface area contributed by atoms with E-state index in [9.17, 15) is 9.18 Å². The molecule has 2 aromatic rings. The van der Waals surface area contributed by atoms with Crippen molar-refractivity contribution >= 4 is 16.9 Å². The molecule has 0 aliphatic carbocycles. The van der Waals surface area contributed by atoms with Gasteiger partial charge in [-0.1, -0.05) is 11.2 Å². The Hall–Kier alpha value is -1.91. The Morgan fingerprint density at radius 2 is 2.33 bits per heavy atom. The van der Waals surface area contributed by atoms with Gasteiger partial charge in [-0.3, -0.25) is 4.79 Å². The van der Waals surface area contributed by atoms with Crippen LogP contribution in [0.15, 0.2) is 22.7 Å². The molecule has 0 aliphatic rings. The van der Waals surface area contributed by atoms with E-state index in [2.05, 4.69) is 5.16 Å². The molecule has 0 saturated heterocycles. The van der Waals surface area contributed by atoms with Crippen molar-refractivity contribution in [1.82, 2.24) is 5.16 Å². The highest BCUT2D eigenvalue weighted by molar-refractivity contribution is 5.81. The largest absolute Gasteiger partial charge is 0.481 e. The van der Waals surface area contributed by atoms with E-state index >= 15 is 0 Å². The second kappa shape index (κ2) is 3.68. The SMILES string of the molecule is O=C(O)CCc1onc2c(F)cccc12. The summed E-state index contributed by atoms with van der Waals surface area (Å²) >= 11 is 0. The van der Waals surface area contributed by atoms with Gasteiger partial charge in [0, 0.05) is 11.8 Å². The molecule has 1 heterocycles. The zero-order valence-electron chi connectivity index (χ0n) is 7.74. The Balaban J connectivity index is 2.37. The lowest BCUT2D eigenvalue weighted by molar-refractivity contribution is -0.137. The predicted molar refractivity (Wildman–Crippen MR) is 49.9 cm³/mol. The van der Waals surface area contributed by atoms with Crippen molar-refractivity contribution in [2.45, 2.75) is 12.8 Å². The van der Waals surface area contributed by atoms with E-state index in [1.807, 2.05) is 0 Å². The quantitative estimate of drug-likeness (QED) is 0.839. The Kier molecular flexibility index (Phi) is 2.37. The molecule has 1 aromatic carbocycles. The van der Waals surface area contributed by atoms with E-state index in [0.717, 1.165) is 0 Å². The monoisotopic (exact) mass is 209 g/mol. The third-order valence-electron chi connectivity index (χ3n) is 2.10. The van der Waals surface area contributed by atoms with Gasteiger partial charge < -0.3 is 9.63 Å². The molecule has 0 fully saturated rings. The van der Waals surface area contributed by atoms with Gasteiger partial charge >= 0.3 is 5.97 Å². The first-order chi connectivity index (χ1) is 7.18. The fourth-order valence-corrected chi connectivity index (χ4v) is 1.38. The third-order valence-corrected chi connectivity index (χ3v) is 2.10. The molecule has 0 aliphatic heterocycles. The first-order valence-corrected chi connectivity index (χ1v) is 4.43. The van der Waals surface area contributed by atoms with Crippen LogP contribution in [-0.2, 0) is 11.2 Å². The number of hydrogen-bond acceptors (Lipinski definition) is 3. The van der Waals surface area contributed by atoms with Gasteiger partial charge in [-0.15, -0.1) is 0 Å². The number of halogens is 1. The predicted octanol–water partition coefficient (Wildman–Crippen LogP) is 1.98. The van der Waals surface area contributed by atoms with Crippen molar-refractivity contribution in [1.29, 1.82) is 0 Å². The summed E-state index contributed by atoms with van der Waals surface area (Å²) in [6, 6.07) is 4.48. The molecule has 0 unspecified atom stereocenters. The number of carbonyl (C=O) groups is 1. The summed E-state index contributed by atoms with van der Waals surface area (Å²) < 4.78 is 18.1. The maximum atomic E-state index is 13.2. The number of carboxylic acids is 1. The fourth-order valence-electron chi connectivity index (χ4n) is 1.38. The highest BCUT2D eigenvalue weighted by Crippen LogP contribution is 2.21. The molecule has 15 heavy (non-hydrogen) atoms. The van der Waals surface area contributed by atoms with Crippen LogP contribution in [0.25, 0.3) is 10.9 Å². The highest BCUT2D eigenvalue weighted by atomic mass is 19.1. The van der Waals surface area contributed by atoms with E-state index in [1.54, 1.807) is 12.1 Å². The second-order valence-corrected chi connectivity index (χ2v) is 3.14. The van der Waals surface area contributed by atoms with Crippen molar-refractivity contribution in [2.24, 2.45) is 0 Å². The minimum atomic E-state index is -0.920. The number of aliphatic carboxylic acids is 1. The zero-order valence-corrected chi connectivity index (χ0v) is 7.74. The number of carboxylic acid groups (broad SMARTS) is 1. The van der Waals surface area contributed by atoms with Crippen LogP contribution in [-0.4, -0.2) is 16.2 Å². The Morgan fingerprint density at radius 1 is 1.53 bits per heavy atom. The van der Waals surface area contributed by atoms with Crippen LogP contribution in [0.4, 0.5) is 4.39 Å². The van der Waals surface area contributed by atoms with Gasteiger partial charge in [0.25, 0.3) is 0 Å². The summed E-state index contributed by atoms with van der Waals surface area (Å²) in [5, 5.41) is 12.6. The van der Waals surface area contributed by atoms with Crippen LogP contribution in [0.3, 0.4) is 0 Å². The lowest BCUT2D eigenvalue weighted by atomic mass is 10.1. The lowest BCUT2D eigenvalue weighted by Gasteiger charge is -1.92. The van der Waals surface area contributed by atoms with E-state index in [-0.39, 0.29) is 18.4 Å². The normalized spacial score (nSPS) is 10.7. The summed E-state index contributed by atoms with van der Waals surface area (Å²) in [6.45, 7) is 0. The maximum absolute atomic E-state index is 13.2. The fraction of sp³-hybridized carbons (Fsp3) is 0.200. The molecule has 2 rings (SSSR count). The molecule has 5 heteroatoms. The number of hydrogen-bond donors (Lipinski definition) is 1. The Bertz CT molecular complexity index is 506. The molecule has 1 aromatic heterocycles. The van der Waals surface area contributed by atoms with Crippen molar-refractivity contribution in [3.8, 4) is 0 Å². The van der Waals surface area contributed by atoms with Crippen molar-refractivity contribution in [3.63, 3.8) is 0 Å². The van der Waals surface area contributed by atoms with Gasteiger partial charge in [0.05, 0.1) is 6.42 Å². The molecule has 0 radical (unpaired) electrons. The zero-order chi connectivity index (χ0) is 10.8. The van der Waals surface area contributed by atoms with Gasteiger partial charge in [-0.05, 0) is 12.1 Å². The molecule has 4 nitrogen and oxygen atoms in total. The average Bonchev–Trinajstić information content (AvgIpc) is 2.59. The smallest absolute Gasteiger partial charge is 0.303 e. The summed E-state index contributed by atoms with van der Waals surface area (Å²) in [5.41, 5.74) is 0.151. The minimum Gasteiger partial charge on any atom is -0.481 e. The van der Waals surface area contributed by atoms with Crippen LogP contribution in [0.1, 0.15) is 12.2 Å². The van der Waals surface area contributed by atoms with Gasteiger partial charge in [0.1, 0.15) is 11.3 Å². The molecular formula is C10H8FNO3. The number of aromatic nitrogens is 1. The van der Waals surface area contributed by atoms with Gasteiger partial charge in [-0.25, -0.2) is 4.39 Å². The molecule has 0 atom stereocenters. The molecule has 0 bridgehead atoms. The summed E-state index contributed by atoms with van der Waals surface area (Å²) in [7, 11) is 0. The van der Waals surface area contributed by atoms with Crippen LogP contribution in [0.5, 0.6) is 0 Å². The maximum Gasteiger partial charge on any atom is 0.303 e. The van der Waals surface area contributed by atoms with E-state index in [4.69, 9.17) is 9.63 Å². The molecule has 0 amide bonds. The van der Waals surface area contributed by atoms with Gasteiger partial charge in [-0.2, -0.15) is 0 Å². The molecule has 0 saturated carbocycles. The first-order valence-electron chi connectivity index (χ1n) is 4.43. The number of nitrogens with zero attached hydrogens (tertiary/aromatic N) is 1. The van der Waals surface area contributed by atoms with Crippen LogP contribution in [0, 0.1) is 5.82 Å². The van der Waals surface area contributed by atoms with E-state index in [1.165, 1.54) is 6.07 Å². The van der Waals surface area contributed by atoms with Gasteiger partial charge in [0.15, 0.2) is 5.82 Å². The van der Waals surface area contributed by atoms with E-state index in [0.29, 0.717) is 11.1 Å². The number of aryl methyl sites for hydroxylation is 1. The van der Waals surface area contributed by atoms with Crippen molar-refractivity contribution in [2.75, 3.05) is 0 Å². The Morgan fingerprint density at radius 3 is 3.07 bits per heavy atom. The number of rotatable bonds is 3. The summed E-state index contributed by atoms with van der Waals surface area (Å²) in [6.07, 6.45) is 0.163. The summed E-state index contributed by atoms with van der Waals surface area (Å²) in [5.74, 6) is -0.972. The summed E-state index contributed by atoms with van der Waals surface area (Å²) in [4.78, 5) is 10.4. The number of benzene rings is 1. The van der Waals surface area contributed by atoms with Crippen molar-refractivity contribution < 1.29 is 18.8 Å². The average molecular weight is 209 g/mol. The third kappa shape index (κ3) is 1.81. The van der Waals surface area contributed by atoms with Crippen LogP contribution < -0.4 is 0 Å². The molecule has 1 N–H and O–H groups in total. The first kappa shape index (κ1) is 9.64. The van der Waals surface area contributed by atoms with Crippen LogP contribution in [0.2, 0.25) is 0 Å². The molecule has 78 valence electrons. The number of fused-ring (bicyclic) bond motifs is 1. The second-order valence-electron chi connectivity index (χ2n) is 3.14. The van der Waals surface area contributed by atoms with Gasteiger partial charge in [0.2, 0.25) is 0 Å². The molecular weight excluding hydrogens is 201 g/mol. The topological polar surface area (TPSA) is 63.3 Å². The highest BCUT2D eigenvalue weighted by Gasteiger charge is 2.12. The molecule has 0 spiro atoms. The van der Waals surface area contributed by atoms with Crippen molar-refractivity contribution in [3.05, 3.63) is 29.8 Å². The lowest BCUT2D eigenvalue weighted by Crippen LogP contribution is -1.96.